The summed E-state index contributed by atoms with van der Waals surface area (Å²) in [5, 5.41) is 6.62. The molecule has 2 N–H and O–H groups in total. The van der Waals surface area contributed by atoms with E-state index in [9.17, 15) is 4.79 Å². The quantitative estimate of drug-likeness (QED) is 0.229. The highest BCUT2D eigenvalue weighted by molar-refractivity contribution is 7.80. The van der Waals surface area contributed by atoms with Gasteiger partial charge in [-0.2, -0.15) is 0 Å². The van der Waals surface area contributed by atoms with Gasteiger partial charge in [0, 0.05) is 27.9 Å². The fraction of sp³-hybridized carbons (Fsp3) is 0.0385. The first kappa shape index (κ1) is 23.9. The molecule has 36 heavy (non-hydrogen) atoms. The minimum atomic E-state index is -0.507. The second-order valence-corrected chi connectivity index (χ2v) is 8.88. The van der Waals surface area contributed by atoms with E-state index in [1.165, 1.54) is 0 Å². The molecular weight excluding hydrogens is 521 g/mol. The maximum absolute atomic E-state index is 12.6. The predicted molar refractivity (Wildman–Crippen MR) is 144 cm³/mol. The van der Waals surface area contributed by atoms with E-state index in [0.717, 1.165) is 5.56 Å². The highest BCUT2D eigenvalue weighted by atomic mass is 35.5. The van der Waals surface area contributed by atoms with Crippen molar-refractivity contribution in [2.45, 2.75) is 0 Å². The summed E-state index contributed by atoms with van der Waals surface area (Å²) in [6.45, 7) is 0. The Morgan fingerprint density at radius 2 is 1.86 bits per heavy atom. The van der Waals surface area contributed by atoms with Gasteiger partial charge < -0.3 is 18.9 Å². The van der Waals surface area contributed by atoms with E-state index < -0.39 is 5.91 Å². The number of benzene rings is 3. The molecule has 10 heteroatoms. The number of anilines is 1. The van der Waals surface area contributed by atoms with Crippen molar-refractivity contribution in [3.05, 3.63) is 88.6 Å². The van der Waals surface area contributed by atoms with Crippen molar-refractivity contribution >= 4 is 63.2 Å². The Morgan fingerprint density at radius 1 is 1.00 bits per heavy atom. The number of carbonyl (C=O) groups is 1. The molecule has 0 saturated carbocycles. The van der Waals surface area contributed by atoms with Crippen LogP contribution in [0.25, 0.3) is 33.9 Å². The Bertz CT molecular complexity index is 1610. The summed E-state index contributed by atoms with van der Waals surface area (Å²) in [6, 6.07) is 20.9. The lowest BCUT2D eigenvalue weighted by atomic mass is 10.2. The van der Waals surface area contributed by atoms with Crippen LogP contribution in [0.2, 0.25) is 10.0 Å². The molecule has 7 nitrogen and oxygen atoms in total. The number of fused-ring (bicyclic) bond motifs is 1. The van der Waals surface area contributed by atoms with Crippen LogP contribution in [-0.4, -0.2) is 23.1 Å². The summed E-state index contributed by atoms with van der Waals surface area (Å²) >= 11 is 17.5. The zero-order chi connectivity index (χ0) is 25.2. The number of methoxy groups -OCH3 is 1. The molecule has 180 valence electrons. The fourth-order valence-electron chi connectivity index (χ4n) is 3.51. The molecule has 0 aliphatic heterocycles. The van der Waals surface area contributed by atoms with Gasteiger partial charge in [0.15, 0.2) is 16.5 Å². The zero-order valence-corrected chi connectivity index (χ0v) is 21.0. The predicted octanol–water partition coefficient (Wildman–Crippen LogP) is 7.20. The number of nitrogens with one attached hydrogen (secondary N) is 2. The number of nitrogens with zero attached hydrogens (tertiary/aromatic N) is 1. The molecule has 0 bridgehead atoms. The third kappa shape index (κ3) is 5.06. The first-order valence-corrected chi connectivity index (χ1v) is 11.8. The van der Waals surface area contributed by atoms with Crippen molar-refractivity contribution in [3.8, 4) is 28.5 Å². The average Bonchev–Trinajstić information content (AvgIpc) is 3.51. The third-order valence-corrected chi connectivity index (χ3v) is 5.97. The molecule has 0 aliphatic rings. The molecule has 3 aromatic carbocycles. The van der Waals surface area contributed by atoms with Gasteiger partial charge in [0.05, 0.1) is 12.1 Å². The monoisotopic (exact) mass is 537 g/mol. The molecule has 2 aromatic heterocycles. The van der Waals surface area contributed by atoms with E-state index in [0.29, 0.717) is 49.8 Å². The number of ether oxygens (including phenoxy) is 1. The van der Waals surface area contributed by atoms with Gasteiger partial charge in [0.1, 0.15) is 17.0 Å². The molecule has 0 aliphatic carbocycles. The second-order valence-electron chi connectivity index (χ2n) is 7.63. The maximum Gasteiger partial charge on any atom is 0.293 e. The van der Waals surface area contributed by atoms with Crippen LogP contribution in [0.3, 0.4) is 0 Å². The second kappa shape index (κ2) is 10.0. The summed E-state index contributed by atoms with van der Waals surface area (Å²) in [6.07, 6.45) is 0. The van der Waals surface area contributed by atoms with E-state index in [4.69, 9.17) is 49.0 Å². The number of halogens is 2. The van der Waals surface area contributed by atoms with Crippen molar-refractivity contribution in [2.24, 2.45) is 0 Å². The summed E-state index contributed by atoms with van der Waals surface area (Å²) < 4.78 is 16.8. The van der Waals surface area contributed by atoms with Gasteiger partial charge in [-0.25, -0.2) is 4.98 Å². The molecule has 0 fully saturated rings. The Hall–Kier alpha value is -3.85. The number of furan rings is 1. The lowest BCUT2D eigenvalue weighted by Crippen LogP contribution is -2.33. The van der Waals surface area contributed by atoms with Crippen molar-refractivity contribution in [3.63, 3.8) is 0 Å². The zero-order valence-electron chi connectivity index (χ0n) is 18.7. The highest BCUT2D eigenvalue weighted by Gasteiger charge is 2.16. The van der Waals surface area contributed by atoms with Gasteiger partial charge in [-0.05, 0) is 72.9 Å². The van der Waals surface area contributed by atoms with E-state index >= 15 is 0 Å². The van der Waals surface area contributed by atoms with Crippen LogP contribution in [0.5, 0.6) is 5.75 Å². The van der Waals surface area contributed by atoms with Gasteiger partial charge in [0.25, 0.3) is 5.91 Å². The van der Waals surface area contributed by atoms with Gasteiger partial charge in [-0.1, -0.05) is 29.3 Å². The number of amides is 1. The van der Waals surface area contributed by atoms with Gasteiger partial charge >= 0.3 is 0 Å². The van der Waals surface area contributed by atoms with Gasteiger partial charge in [-0.3, -0.25) is 10.1 Å². The molecule has 0 atom stereocenters. The first-order chi connectivity index (χ1) is 17.4. The standard InChI is InChI=1S/C26H17Cl2N3O4S/c1-33-17-6-8-22-20(13-17)30-25(35-22)14-3-2-4-16(11-14)29-26(36)31-24(32)23-10-9-21(34-23)18-7-5-15(27)12-19(18)28/h2-13H,1H3,(H2,29,31,32,36). The molecular formula is C26H17Cl2N3O4S. The van der Waals surface area contributed by atoms with Crippen LogP contribution in [0.4, 0.5) is 5.69 Å². The van der Waals surface area contributed by atoms with Gasteiger partial charge in [0.2, 0.25) is 5.89 Å². The van der Waals surface area contributed by atoms with Crippen molar-refractivity contribution < 1.29 is 18.4 Å². The number of thiocarbonyl (C=S) groups is 1. The molecule has 2 heterocycles. The largest absolute Gasteiger partial charge is 0.497 e. The number of hydrogen-bond acceptors (Lipinski definition) is 6. The smallest absolute Gasteiger partial charge is 0.293 e. The summed E-state index contributed by atoms with van der Waals surface area (Å²) in [7, 11) is 1.60. The molecule has 5 rings (SSSR count). The molecule has 0 unspecified atom stereocenters. The number of rotatable bonds is 5. The fourth-order valence-corrected chi connectivity index (χ4v) is 4.22. The summed E-state index contributed by atoms with van der Waals surface area (Å²) in [5.41, 5.74) is 3.33. The number of carbonyl (C=O) groups excluding carboxylic acids is 1. The average molecular weight is 538 g/mol. The SMILES string of the molecule is COc1ccc2oc(-c3cccc(NC(=S)NC(=O)c4ccc(-c5ccc(Cl)cc5Cl)o4)c3)nc2c1. The van der Waals surface area contributed by atoms with Crippen LogP contribution < -0.4 is 15.4 Å². The Morgan fingerprint density at radius 3 is 2.67 bits per heavy atom. The number of oxazole rings is 1. The Kier molecular flexibility index (Phi) is 6.65. The molecule has 0 spiro atoms. The van der Waals surface area contributed by atoms with E-state index in [1.54, 1.807) is 55.6 Å². The highest BCUT2D eigenvalue weighted by Crippen LogP contribution is 2.32. The van der Waals surface area contributed by atoms with Crippen molar-refractivity contribution in [2.75, 3.05) is 12.4 Å². The van der Waals surface area contributed by atoms with Crippen LogP contribution in [-0.2, 0) is 0 Å². The lowest BCUT2D eigenvalue weighted by molar-refractivity contribution is 0.0951. The van der Waals surface area contributed by atoms with E-state index in [2.05, 4.69) is 15.6 Å². The summed E-state index contributed by atoms with van der Waals surface area (Å²) in [5.74, 6) is 1.15. The lowest BCUT2D eigenvalue weighted by Gasteiger charge is -2.09. The van der Waals surface area contributed by atoms with Crippen LogP contribution >= 0.6 is 35.4 Å². The number of aromatic nitrogens is 1. The van der Waals surface area contributed by atoms with E-state index in [-0.39, 0.29) is 10.9 Å². The van der Waals surface area contributed by atoms with Crippen molar-refractivity contribution in [1.82, 2.24) is 10.3 Å². The normalized spacial score (nSPS) is 10.9. The summed E-state index contributed by atoms with van der Waals surface area (Å²) in [4.78, 5) is 17.2. The third-order valence-electron chi connectivity index (χ3n) is 5.22. The topological polar surface area (TPSA) is 89.5 Å². The minimum Gasteiger partial charge on any atom is -0.497 e. The minimum absolute atomic E-state index is 0.0795. The maximum atomic E-state index is 12.6. The van der Waals surface area contributed by atoms with Gasteiger partial charge in [-0.15, -0.1) is 0 Å². The molecule has 0 saturated heterocycles. The first-order valence-electron chi connectivity index (χ1n) is 10.6. The van der Waals surface area contributed by atoms with E-state index in [1.807, 2.05) is 24.3 Å². The Balaban J connectivity index is 1.27. The van der Waals surface area contributed by atoms with Crippen LogP contribution in [0.1, 0.15) is 10.6 Å². The molecule has 0 radical (unpaired) electrons. The van der Waals surface area contributed by atoms with Crippen LogP contribution in [0, 0.1) is 0 Å². The molecule has 5 aromatic rings. The van der Waals surface area contributed by atoms with Crippen molar-refractivity contribution in [1.29, 1.82) is 0 Å². The van der Waals surface area contributed by atoms with Crippen LogP contribution in [0.15, 0.2) is 81.6 Å². The molecule has 1 amide bonds. The number of hydrogen-bond donors (Lipinski definition) is 2. The Labute approximate surface area is 221 Å².